The fourth-order valence-corrected chi connectivity index (χ4v) is 3.67. The number of hydrogen-bond donors (Lipinski definition) is 1. The van der Waals surface area contributed by atoms with E-state index in [4.69, 9.17) is 14.5 Å². The number of fused-ring (bicyclic) bond motifs is 1. The molecule has 0 unspecified atom stereocenters. The number of aromatic amines is 1. The fraction of sp³-hybridized carbons (Fsp3) is 0.333. The molecule has 2 aromatic carbocycles. The predicted octanol–water partition coefficient (Wildman–Crippen LogP) is 3.95. The van der Waals surface area contributed by atoms with Crippen molar-refractivity contribution in [2.24, 2.45) is 0 Å². The van der Waals surface area contributed by atoms with E-state index in [0.717, 1.165) is 36.2 Å². The number of benzene rings is 2. The van der Waals surface area contributed by atoms with Gasteiger partial charge in [0.15, 0.2) is 11.5 Å². The van der Waals surface area contributed by atoms with Gasteiger partial charge >= 0.3 is 0 Å². The van der Waals surface area contributed by atoms with Gasteiger partial charge in [-0.1, -0.05) is 12.1 Å². The second-order valence-electron chi connectivity index (χ2n) is 6.59. The number of ether oxygens (including phenoxy) is 2. The number of nitrogens with zero attached hydrogens (tertiary/aromatic N) is 2. The molecule has 6 nitrogen and oxygen atoms in total. The molecule has 6 heteroatoms. The lowest BCUT2D eigenvalue weighted by molar-refractivity contribution is 0.0730. The molecule has 0 bridgehead atoms. The molecule has 4 rings (SSSR count). The van der Waals surface area contributed by atoms with Crippen LogP contribution < -0.4 is 9.47 Å². The average molecular weight is 365 g/mol. The number of methoxy groups -OCH3 is 1. The molecule has 0 aliphatic carbocycles. The Kier molecular flexibility index (Phi) is 4.71. The number of amides is 1. The van der Waals surface area contributed by atoms with Gasteiger partial charge in [-0.05, 0) is 50.1 Å². The largest absolute Gasteiger partial charge is 0.493 e. The molecule has 1 N–H and O–H groups in total. The number of aromatic nitrogens is 2. The topological polar surface area (TPSA) is 67.5 Å². The van der Waals surface area contributed by atoms with Crippen LogP contribution in [0, 0.1) is 0 Å². The number of para-hydroxylation sites is 2. The average Bonchev–Trinajstić information content (AvgIpc) is 3.34. The first-order chi connectivity index (χ1) is 13.2. The quantitative estimate of drug-likeness (QED) is 0.743. The van der Waals surface area contributed by atoms with Gasteiger partial charge in [0.25, 0.3) is 5.91 Å². The van der Waals surface area contributed by atoms with Gasteiger partial charge in [0.1, 0.15) is 5.82 Å². The van der Waals surface area contributed by atoms with Gasteiger partial charge < -0.3 is 19.4 Å². The molecule has 1 aliphatic rings. The van der Waals surface area contributed by atoms with Crippen LogP contribution in [0.15, 0.2) is 42.5 Å². The monoisotopic (exact) mass is 365 g/mol. The Morgan fingerprint density at radius 1 is 1.26 bits per heavy atom. The number of hydrogen-bond acceptors (Lipinski definition) is 4. The molecule has 1 aliphatic heterocycles. The van der Waals surface area contributed by atoms with Crippen molar-refractivity contribution in [2.45, 2.75) is 25.8 Å². The molecule has 2 heterocycles. The van der Waals surface area contributed by atoms with Crippen molar-refractivity contribution in [3.8, 4) is 11.5 Å². The van der Waals surface area contributed by atoms with Gasteiger partial charge in [-0.3, -0.25) is 4.79 Å². The van der Waals surface area contributed by atoms with Crippen molar-refractivity contribution in [2.75, 3.05) is 20.3 Å². The first-order valence-corrected chi connectivity index (χ1v) is 9.27. The van der Waals surface area contributed by atoms with Crippen LogP contribution in [-0.4, -0.2) is 41.0 Å². The maximum absolute atomic E-state index is 13.2. The van der Waals surface area contributed by atoms with Gasteiger partial charge in [-0.15, -0.1) is 0 Å². The van der Waals surface area contributed by atoms with Crippen molar-refractivity contribution < 1.29 is 14.3 Å². The molecule has 27 heavy (non-hydrogen) atoms. The van der Waals surface area contributed by atoms with Crippen molar-refractivity contribution >= 4 is 16.9 Å². The Labute approximate surface area is 158 Å². The maximum atomic E-state index is 13.2. The summed E-state index contributed by atoms with van der Waals surface area (Å²) in [6.45, 7) is 3.18. The summed E-state index contributed by atoms with van der Waals surface area (Å²) in [4.78, 5) is 23.1. The zero-order valence-electron chi connectivity index (χ0n) is 15.6. The Morgan fingerprint density at radius 3 is 2.89 bits per heavy atom. The highest BCUT2D eigenvalue weighted by Gasteiger charge is 2.33. The van der Waals surface area contributed by atoms with E-state index < -0.39 is 0 Å². The first-order valence-electron chi connectivity index (χ1n) is 9.27. The number of imidazole rings is 1. The van der Waals surface area contributed by atoms with Crippen molar-refractivity contribution in [3.63, 3.8) is 0 Å². The molecule has 3 aromatic rings. The predicted molar refractivity (Wildman–Crippen MR) is 103 cm³/mol. The van der Waals surface area contributed by atoms with E-state index in [-0.39, 0.29) is 11.9 Å². The Balaban J connectivity index is 1.62. The summed E-state index contributed by atoms with van der Waals surface area (Å²) in [7, 11) is 1.58. The van der Waals surface area contributed by atoms with Gasteiger partial charge in [0.05, 0.1) is 30.8 Å². The number of carbonyl (C=O) groups is 1. The third kappa shape index (κ3) is 3.23. The van der Waals surface area contributed by atoms with Crippen LogP contribution in [0.25, 0.3) is 11.0 Å². The van der Waals surface area contributed by atoms with E-state index in [9.17, 15) is 4.79 Å². The first kappa shape index (κ1) is 17.4. The lowest BCUT2D eigenvalue weighted by Crippen LogP contribution is -2.31. The summed E-state index contributed by atoms with van der Waals surface area (Å²) in [5, 5.41) is 0. The zero-order chi connectivity index (χ0) is 18.8. The summed E-state index contributed by atoms with van der Waals surface area (Å²) in [5.74, 6) is 2.05. The molecule has 1 saturated heterocycles. The minimum Gasteiger partial charge on any atom is -0.493 e. The summed E-state index contributed by atoms with van der Waals surface area (Å²) >= 11 is 0. The highest BCUT2D eigenvalue weighted by atomic mass is 16.5. The van der Waals surface area contributed by atoms with Crippen LogP contribution in [-0.2, 0) is 0 Å². The lowest BCUT2D eigenvalue weighted by atomic mass is 10.1. The summed E-state index contributed by atoms with van der Waals surface area (Å²) in [5.41, 5.74) is 2.52. The Hall–Kier alpha value is -3.02. The molecule has 140 valence electrons. The van der Waals surface area contributed by atoms with E-state index in [0.29, 0.717) is 23.7 Å². The van der Waals surface area contributed by atoms with Gasteiger partial charge in [-0.25, -0.2) is 4.98 Å². The standard InChI is InChI=1S/C21H23N3O3/c1-3-27-18-11-10-14(13-19(18)26-2)21(25)24-12-6-9-17(24)20-22-15-7-4-5-8-16(15)23-20/h4-5,7-8,10-11,13,17H,3,6,9,12H2,1-2H3,(H,22,23)/t17-/m1/s1. The lowest BCUT2D eigenvalue weighted by Gasteiger charge is -2.23. The van der Waals surface area contributed by atoms with Crippen molar-refractivity contribution in [1.29, 1.82) is 0 Å². The number of carbonyl (C=O) groups excluding carboxylic acids is 1. The van der Waals surface area contributed by atoms with Crippen LogP contribution in [0.1, 0.15) is 42.0 Å². The zero-order valence-corrected chi connectivity index (χ0v) is 15.6. The third-order valence-electron chi connectivity index (χ3n) is 4.95. The fourth-order valence-electron chi connectivity index (χ4n) is 3.67. The summed E-state index contributed by atoms with van der Waals surface area (Å²) in [6.07, 6.45) is 1.86. The SMILES string of the molecule is CCOc1ccc(C(=O)N2CCC[C@@H]2c2nc3ccccc3[nH]2)cc1OC. The molecule has 1 amide bonds. The third-order valence-corrected chi connectivity index (χ3v) is 4.95. The van der Waals surface area contributed by atoms with E-state index in [2.05, 4.69) is 4.98 Å². The van der Waals surface area contributed by atoms with Gasteiger partial charge in [0, 0.05) is 12.1 Å². The van der Waals surface area contributed by atoms with Crippen LogP contribution >= 0.6 is 0 Å². The Morgan fingerprint density at radius 2 is 2.11 bits per heavy atom. The Bertz CT molecular complexity index is 933. The number of H-pyrrole nitrogens is 1. The number of nitrogens with one attached hydrogen (secondary N) is 1. The van der Waals surface area contributed by atoms with Crippen molar-refractivity contribution in [3.05, 3.63) is 53.9 Å². The van der Waals surface area contributed by atoms with Crippen molar-refractivity contribution in [1.82, 2.24) is 14.9 Å². The second-order valence-corrected chi connectivity index (χ2v) is 6.59. The number of likely N-dealkylation sites (tertiary alicyclic amines) is 1. The molecule has 0 saturated carbocycles. The molecule has 0 spiro atoms. The molecule has 1 fully saturated rings. The van der Waals surface area contributed by atoms with Crippen LogP contribution in [0.4, 0.5) is 0 Å². The molecule has 1 atom stereocenters. The molecular weight excluding hydrogens is 342 g/mol. The van der Waals surface area contributed by atoms with Gasteiger partial charge in [0.2, 0.25) is 0 Å². The maximum Gasteiger partial charge on any atom is 0.254 e. The second kappa shape index (κ2) is 7.31. The highest BCUT2D eigenvalue weighted by molar-refractivity contribution is 5.95. The van der Waals surface area contributed by atoms with Crippen LogP contribution in [0.3, 0.4) is 0 Å². The summed E-state index contributed by atoms with van der Waals surface area (Å²) < 4.78 is 10.9. The number of rotatable bonds is 5. The molecule has 0 radical (unpaired) electrons. The summed E-state index contributed by atoms with van der Waals surface area (Å²) in [6, 6.07) is 13.2. The highest BCUT2D eigenvalue weighted by Crippen LogP contribution is 2.34. The normalized spacial score (nSPS) is 16.7. The van der Waals surface area contributed by atoms with Crippen LogP contribution in [0.5, 0.6) is 11.5 Å². The van der Waals surface area contributed by atoms with E-state index >= 15 is 0 Å². The molecule has 1 aromatic heterocycles. The smallest absolute Gasteiger partial charge is 0.254 e. The van der Waals surface area contributed by atoms with E-state index in [1.54, 1.807) is 25.3 Å². The van der Waals surface area contributed by atoms with Gasteiger partial charge in [-0.2, -0.15) is 0 Å². The molecular formula is C21H23N3O3. The minimum atomic E-state index is -0.0394. The minimum absolute atomic E-state index is 0.0145. The van der Waals surface area contributed by atoms with Crippen LogP contribution in [0.2, 0.25) is 0 Å². The van der Waals surface area contributed by atoms with E-state index in [1.807, 2.05) is 36.1 Å². The van der Waals surface area contributed by atoms with E-state index in [1.165, 1.54) is 0 Å².